The van der Waals surface area contributed by atoms with Crippen molar-refractivity contribution >= 4 is 46.3 Å². The van der Waals surface area contributed by atoms with E-state index >= 15 is 0 Å². The molecule has 1 aromatic rings. The van der Waals surface area contributed by atoms with Crippen LogP contribution in [-0.2, 0) is 14.3 Å². The molecule has 1 fully saturated rings. The van der Waals surface area contributed by atoms with E-state index in [1.165, 1.54) is 11.8 Å². The zero-order chi connectivity index (χ0) is 19.6. The lowest BCUT2D eigenvalue weighted by molar-refractivity contribution is -0.143. The van der Waals surface area contributed by atoms with E-state index in [0.29, 0.717) is 28.8 Å². The Labute approximate surface area is 170 Å². The molecular weight excluding hydrogens is 382 g/mol. The van der Waals surface area contributed by atoms with E-state index in [9.17, 15) is 9.59 Å². The topological polar surface area (TPSA) is 55.8 Å². The molecule has 7 heteroatoms. The van der Waals surface area contributed by atoms with Crippen LogP contribution < -0.4 is 4.74 Å². The van der Waals surface area contributed by atoms with Crippen LogP contribution in [0.4, 0.5) is 0 Å². The molecule has 5 nitrogen and oxygen atoms in total. The van der Waals surface area contributed by atoms with Gasteiger partial charge in [0.1, 0.15) is 10.1 Å². The Morgan fingerprint density at radius 2 is 1.96 bits per heavy atom. The highest BCUT2D eigenvalue weighted by Crippen LogP contribution is 2.33. The lowest BCUT2D eigenvalue weighted by Gasteiger charge is -2.14. The average molecular weight is 408 g/mol. The van der Waals surface area contributed by atoms with Crippen molar-refractivity contribution in [3.63, 3.8) is 0 Å². The molecule has 146 valence electrons. The van der Waals surface area contributed by atoms with E-state index in [1.54, 1.807) is 12.0 Å². The summed E-state index contributed by atoms with van der Waals surface area (Å²) in [5, 5.41) is 0. The Morgan fingerprint density at radius 1 is 1.22 bits per heavy atom. The lowest BCUT2D eigenvalue weighted by Crippen LogP contribution is -2.29. The van der Waals surface area contributed by atoms with E-state index in [0.717, 1.165) is 37.0 Å². The fourth-order valence-corrected chi connectivity index (χ4v) is 3.86. The third-order valence-electron chi connectivity index (χ3n) is 4.02. The number of carbonyl (C=O) groups is 2. The van der Waals surface area contributed by atoms with Crippen LogP contribution in [-0.4, -0.2) is 41.4 Å². The number of amides is 1. The summed E-state index contributed by atoms with van der Waals surface area (Å²) in [6.07, 6.45) is 5.54. The first kappa shape index (κ1) is 21.4. The summed E-state index contributed by atoms with van der Waals surface area (Å²) >= 11 is 6.68. The van der Waals surface area contributed by atoms with Crippen molar-refractivity contribution in [2.24, 2.45) is 0 Å². The number of benzene rings is 1. The van der Waals surface area contributed by atoms with Gasteiger partial charge in [0.15, 0.2) is 0 Å². The highest BCUT2D eigenvalue weighted by Gasteiger charge is 2.31. The molecule has 1 saturated heterocycles. The highest BCUT2D eigenvalue weighted by atomic mass is 32.2. The molecule has 0 radical (unpaired) electrons. The number of esters is 1. The summed E-state index contributed by atoms with van der Waals surface area (Å²) in [6, 6.07) is 7.53. The second kappa shape index (κ2) is 11.1. The Bertz CT molecular complexity index is 700. The van der Waals surface area contributed by atoms with Gasteiger partial charge in [0, 0.05) is 13.0 Å². The van der Waals surface area contributed by atoms with Crippen LogP contribution in [0.1, 0.15) is 44.6 Å². The van der Waals surface area contributed by atoms with Gasteiger partial charge in [0.25, 0.3) is 5.91 Å². The number of hydrogen-bond donors (Lipinski definition) is 0. The molecule has 0 aliphatic carbocycles. The molecule has 0 bridgehead atoms. The summed E-state index contributed by atoms with van der Waals surface area (Å²) < 4.78 is 10.8. The van der Waals surface area contributed by atoms with Crippen LogP contribution >= 0.6 is 24.0 Å². The molecule has 0 N–H and O–H groups in total. The van der Waals surface area contributed by atoms with Crippen molar-refractivity contribution in [2.75, 3.05) is 20.3 Å². The number of rotatable bonds is 10. The van der Waals surface area contributed by atoms with Gasteiger partial charge >= 0.3 is 5.97 Å². The third-order valence-corrected chi connectivity index (χ3v) is 5.39. The van der Waals surface area contributed by atoms with E-state index < -0.39 is 0 Å². The average Bonchev–Trinajstić information content (AvgIpc) is 2.93. The van der Waals surface area contributed by atoms with Crippen LogP contribution in [0, 0.1) is 0 Å². The zero-order valence-electron chi connectivity index (χ0n) is 15.7. The van der Waals surface area contributed by atoms with Gasteiger partial charge in [-0.15, -0.1) is 0 Å². The normalized spacial score (nSPS) is 15.5. The molecule has 1 aromatic carbocycles. The Balaban J connectivity index is 1.79. The number of nitrogens with zero attached hydrogens (tertiary/aromatic N) is 1. The third kappa shape index (κ3) is 6.66. The number of thioether (sulfide) groups is 1. The minimum absolute atomic E-state index is 0.0526. The maximum Gasteiger partial charge on any atom is 0.305 e. The summed E-state index contributed by atoms with van der Waals surface area (Å²) in [5.74, 6) is 0.575. The van der Waals surface area contributed by atoms with Crippen LogP contribution in [0.5, 0.6) is 5.75 Å². The van der Waals surface area contributed by atoms with Crippen molar-refractivity contribution < 1.29 is 19.1 Å². The Hall–Kier alpha value is -1.86. The standard InChI is InChI=1S/C20H25NO4S2/c1-3-13-25-18(22)7-5-4-6-12-21-19(23)17(27-20(21)26)14-15-8-10-16(24-2)11-9-15/h8-11,14H,3-7,12-13H2,1-2H3. The van der Waals surface area contributed by atoms with Crippen molar-refractivity contribution in [2.45, 2.75) is 39.0 Å². The first-order valence-electron chi connectivity index (χ1n) is 9.10. The second-order valence-electron chi connectivity index (χ2n) is 6.14. The van der Waals surface area contributed by atoms with Crippen molar-refractivity contribution in [3.8, 4) is 5.75 Å². The SMILES string of the molecule is CCCOC(=O)CCCCCN1C(=O)C(=Cc2ccc(OC)cc2)SC1=S. The van der Waals surface area contributed by atoms with Gasteiger partial charge in [-0.2, -0.15) is 0 Å². The van der Waals surface area contributed by atoms with Crippen LogP contribution in [0.15, 0.2) is 29.2 Å². The number of methoxy groups -OCH3 is 1. The first-order chi connectivity index (χ1) is 13.0. The second-order valence-corrected chi connectivity index (χ2v) is 7.81. The summed E-state index contributed by atoms with van der Waals surface area (Å²) in [6.45, 7) is 3.03. The highest BCUT2D eigenvalue weighted by molar-refractivity contribution is 8.26. The summed E-state index contributed by atoms with van der Waals surface area (Å²) in [7, 11) is 1.62. The fraction of sp³-hybridized carbons (Fsp3) is 0.450. The number of thiocarbonyl (C=S) groups is 1. The van der Waals surface area contributed by atoms with Crippen LogP contribution in [0.3, 0.4) is 0 Å². The largest absolute Gasteiger partial charge is 0.497 e. The maximum atomic E-state index is 12.6. The molecule has 1 aliphatic rings. The fourth-order valence-electron chi connectivity index (χ4n) is 2.55. The predicted molar refractivity (Wildman–Crippen MR) is 113 cm³/mol. The smallest absolute Gasteiger partial charge is 0.305 e. The number of hydrogen-bond acceptors (Lipinski definition) is 6. The number of ether oxygens (including phenoxy) is 2. The maximum absolute atomic E-state index is 12.6. The van der Waals surface area contributed by atoms with Gasteiger partial charge < -0.3 is 9.47 Å². The minimum Gasteiger partial charge on any atom is -0.497 e. The summed E-state index contributed by atoms with van der Waals surface area (Å²) in [4.78, 5) is 26.3. The number of carbonyl (C=O) groups excluding carboxylic acids is 2. The monoisotopic (exact) mass is 407 g/mol. The molecular formula is C20H25NO4S2. The van der Waals surface area contributed by atoms with Crippen LogP contribution in [0.25, 0.3) is 6.08 Å². The quantitative estimate of drug-likeness (QED) is 0.248. The molecule has 2 rings (SSSR count). The Kier molecular flexibility index (Phi) is 8.81. The molecule has 1 aliphatic heterocycles. The van der Waals surface area contributed by atoms with Gasteiger partial charge in [-0.3, -0.25) is 14.5 Å². The lowest BCUT2D eigenvalue weighted by atomic mass is 10.2. The van der Waals surface area contributed by atoms with E-state index in [4.69, 9.17) is 21.7 Å². The summed E-state index contributed by atoms with van der Waals surface area (Å²) in [5.41, 5.74) is 0.932. The molecule has 0 saturated carbocycles. The molecule has 0 unspecified atom stereocenters. The number of unbranched alkanes of at least 4 members (excludes halogenated alkanes) is 2. The van der Waals surface area contributed by atoms with Gasteiger partial charge in [-0.1, -0.05) is 49.5 Å². The van der Waals surface area contributed by atoms with Gasteiger partial charge in [0.05, 0.1) is 18.6 Å². The molecule has 0 atom stereocenters. The van der Waals surface area contributed by atoms with Crippen molar-refractivity contribution in [3.05, 3.63) is 34.7 Å². The molecule has 27 heavy (non-hydrogen) atoms. The molecule has 1 heterocycles. The molecule has 0 aromatic heterocycles. The van der Waals surface area contributed by atoms with Crippen molar-refractivity contribution in [1.29, 1.82) is 0 Å². The first-order valence-corrected chi connectivity index (χ1v) is 10.3. The molecule has 1 amide bonds. The van der Waals surface area contributed by atoms with Crippen molar-refractivity contribution in [1.82, 2.24) is 4.90 Å². The minimum atomic E-state index is -0.148. The van der Waals surface area contributed by atoms with E-state index in [-0.39, 0.29) is 11.9 Å². The van der Waals surface area contributed by atoms with E-state index in [2.05, 4.69) is 0 Å². The van der Waals surface area contributed by atoms with Gasteiger partial charge in [-0.05, 0) is 43.0 Å². The zero-order valence-corrected chi connectivity index (χ0v) is 17.4. The van der Waals surface area contributed by atoms with Crippen LogP contribution in [0.2, 0.25) is 0 Å². The molecule has 0 spiro atoms. The Morgan fingerprint density at radius 3 is 2.63 bits per heavy atom. The predicted octanol–water partition coefficient (Wildman–Crippen LogP) is 4.41. The van der Waals surface area contributed by atoms with Gasteiger partial charge in [-0.25, -0.2) is 0 Å². The van der Waals surface area contributed by atoms with E-state index in [1.807, 2.05) is 37.3 Å². The van der Waals surface area contributed by atoms with Gasteiger partial charge in [0.2, 0.25) is 0 Å².